The van der Waals surface area contributed by atoms with E-state index >= 15 is 4.39 Å². The fourth-order valence-corrected chi connectivity index (χ4v) is 4.19. The fourth-order valence-electron chi connectivity index (χ4n) is 4.19. The summed E-state index contributed by atoms with van der Waals surface area (Å²) in [5.74, 6) is 0.229. The Morgan fingerprint density at radius 2 is 2.06 bits per heavy atom. The van der Waals surface area contributed by atoms with Crippen LogP contribution in [-0.2, 0) is 6.18 Å². The number of nitrogens with one attached hydrogen (secondary N) is 1. The minimum absolute atomic E-state index is 0.0135. The number of aromatic nitrogens is 4. The van der Waals surface area contributed by atoms with E-state index in [4.69, 9.17) is 0 Å². The molecule has 166 valence electrons. The lowest BCUT2D eigenvalue weighted by molar-refractivity contribution is -0.137. The Hall–Kier alpha value is -2.75. The van der Waals surface area contributed by atoms with Gasteiger partial charge in [-0.2, -0.15) is 18.3 Å². The van der Waals surface area contributed by atoms with Gasteiger partial charge in [0, 0.05) is 18.1 Å². The van der Waals surface area contributed by atoms with Gasteiger partial charge >= 0.3 is 6.18 Å². The third-order valence-electron chi connectivity index (χ3n) is 5.55. The molecule has 0 saturated carbocycles. The molecule has 4 heterocycles. The SMILES string of the molecule is CC(C)C[C@]1(F)CN(c2ccc(C(F)(F)F)c(-c3[nH]nc4ncccc34)n2)CCC1O. The number of fused-ring (bicyclic) bond motifs is 1. The summed E-state index contributed by atoms with van der Waals surface area (Å²) in [5, 5.41) is 17.2. The number of hydrogen-bond donors (Lipinski definition) is 2. The number of aliphatic hydroxyl groups is 1. The van der Waals surface area contributed by atoms with Crippen molar-refractivity contribution in [2.75, 3.05) is 18.0 Å². The predicted octanol–water partition coefficient (Wildman–Crippen LogP) is 4.36. The number of H-pyrrole nitrogens is 1. The van der Waals surface area contributed by atoms with Crippen molar-refractivity contribution < 1.29 is 22.7 Å². The van der Waals surface area contributed by atoms with Crippen molar-refractivity contribution in [3.63, 3.8) is 0 Å². The summed E-state index contributed by atoms with van der Waals surface area (Å²) in [7, 11) is 0. The Kier molecular flexibility index (Phi) is 5.36. The van der Waals surface area contributed by atoms with Gasteiger partial charge in [0.2, 0.25) is 0 Å². The van der Waals surface area contributed by atoms with Gasteiger partial charge in [-0.15, -0.1) is 0 Å². The van der Waals surface area contributed by atoms with Crippen molar-refractivity contribution in [2.45, 2.75) is 44.6 Å². The number of rotatable bonds is 4. The smallest absolute Gasteiger partial charge is 0.390 e. The van der Waals surface area contributed by atoms with Crippen LogP contribution in [0.15, 0.2) is 30.5 Å². The molecule has 1 aliphatic rings. The van der Waals surface area contributed by atoms with Crippen LogP contribution in [0, 0.1) is 5.92 Å². The second-order valence-electron chi connectivity index (χ2n) is 8.40. The first-order valence-corrected chi connectivity index (χ1v) is 10.1. The summed E-state index contributed by atoms with van der Waals surface area (Å²) in [5.41, 5.74) is -2.72. The number of hydrogen-bond acceptors (Lipinski definition) is 5. The number of aromatic amines is 1. The number of alkyl halides is 4. The lowest BCUT2D eigenvalue weighted by atomic mass is 9.84. The van der Waals surface area contributed by atoms with E-state index in [1.807, 2.05) is 13.8 Å². The van der Waals surface area contributed by atoms with Gasteiger partial charge in [-0.25, -0.2) is 14.4 Å². The van der Waals surface area contributed by atoms with E-state index < -0.39 is 23.5 Å². The van der Waals surface area contributed by atoms with Crippen LogP contribution >= 0.6 is 0 Å². The van der Waals surface area contributed by atoms with Crippen molar-refractivity contribution in [2.24, 2.45) is 5.92 Å². The minimum Gasteiger partial charge on any atom is -0.390 e. The van der Waals surface area contributed by atoms with E-state index in [2.05, 4.69) is 20.2 Å². The molecule has 1 saturated heterocycles. The zero-order valence-corrected chi connectivity index (χ0v) is 17.1. The molecule has 4 rings (SSSR count). The summed E-state index contributed by atoms with van der Waals surface area (Å²) < 4.78 is 56.7. The van der Waals surface area contributed by atoms with E-state index in [1.165, 1.54) is 12.3 Å². The molecule has 0 radical (unpaired) electrons. The number of pyridine rings is 2. The monoisotopic (exact) mass is 437 g/mol. The van der Waals surface area contributed by atoms with Crippen molar-refractivity contribution in [3.8, 4) is 11.4 Å². The van der Waals surface area contributed by atoms with E-state index in [0.717, 1.165) is 6.07 Å². The lowest BCUT2D eigenvalue weighted by Crippen LogP contribution is -2.55. The second-order valence-corrected chi connectivity index (χ2v) is 8.40. The Morgan fingerprint density at radius 1 is 1.29 bits per heavy atom. The van der Waals surface area contributed by atoms with Crippen molar-refractivity contribution in [1.29, 1.82) is 0 Å². The molecule has 0 aliphatic carbocycles. The first-order chi connectivity index (χ1) is 14.6. The van der Waals surface area contributed by atoms with Gasteiger partial charge in [-0.1, -0.05) is 13.8 Å². The van der Waals surface area contributed by atoms with Gasteiger partial charge in [0.15, 0.2) is 11.3 Å². The molecule has 3 aromatic rings. The number of aliphatic hydroxyl groups excluding tert-OH is 1. The highest BCUT2D eigenvalue weighted by Gasteiger charge is 2.44. The van der Waals surface area contributed by atoms with Crippen molar-refractivity contribution in [1.82, 2.24) is 20.2 Å². The first-order valence-electron chi connectivity index (χ1n) is 10.1. The van der Waals surface area contributed by atoms with Crippen LogP contribution in [0.3, 0.4) is 0 Å². The van der Waals surface area contributed by atoms with E-state index in [9.17, 15) is 18.3 Å². The van der Waals surface area contributed by atoms with E-state index in [1.54, 1.807) is 17.0 Å². The quantitative estimate of drug-likeness (QED) is 0.593. The maximum atomic E-state index is 15.5. The highest BCUT2D eigenvalue weighted by molar-refractivity contribution is 5.90. The Labute approximate surface area is 176 Å². The third-order valence-corrected chi connectivity index (χ3v) is 5.55. The third kappa shape index (κ3) is 4.08. The summed E-state index contributed by atoms with van der Waals surface area (Å²) in [6.45, 7) is 3.86. The Balaban J connectivity index is 1.78. The maximum Gasteiger partial charge on any atom is 0.418 e. The average Bonchev–Trinajstić information content (AvgIpc) is 3.12. The molecule has 2 atom stereocenters. The highest BCUT2D eigenvalue weighted by atomic mass is 19.4. The predicted molar refractivity (Wildman–Crippen MR) is 108 cm³/mol. The van der Waals surface area contributed by atoms with Gasteiger partial charge in [-0.05, 0) is 43.0 Å². The van der Waals surface area contributed by atoms with Crippen LogP contribution in [-0.4, -0.2) is 50.1 Å². The zero-order chi connectivity index (χ0) is 22.4. The van der Waals surface area contributed by atoms with E-state index in [-0.39, 0.29) is 54.7 Å². The van der Waals surface area contributed by atoms with Gasteiger partial charge in [0.25, 0.3) is 0 Å². The molecule has 3 aromatic heterocycles. The molecular weight excluding hydrogens is 414 g/mol. The second kappa shape index (κ2) is 7.74. The topological polar surface area (TPSA) is 77.9 Å². The summed E-state index contributed by atoms with van der Waals surface area (Å²) in [6.07, 6.45) is -3.95. The Bertz CT molecular complexity index is 1080. The van der Waals surface area contributed by atoms with Gasteiger partial charge in [0.05, 0.1) is 23.9 Å². The number of nitrogens with zero attached hydrogens (tertiary/aromatic N) is 4. The van der Waals surface area contributed by atoms with Crippen molar-refractivity contribution >= 4 is 16.9 Å². The van der Waals surface area contributed by atoms with Crippen LogP contribution in [0.4, 0.5) is 23.4 Å². The summed E-state index contributed by atoms with van der Waals surface area (Å²) in [6, 6.07) is 5.42. The number of halogens is 4. The molecule has 10 heteroatoms. The van der Waals surface area contributed by atoms with Gasteiger partial charge < -0.3 is 10.0 Å². The van der Waals surface area contributed by atoms with Crippen molar-refractivity contribution in [3.05, 3.63) is 36.0 Å². The summed E-state index contributed by atoms with van der Waals surface area (Å²) >= 11 is 0. The van der Waals surface area contributed by atoms with E-state index in [0.29, 0.717) is 5.39 Å². The molecule has 31 heavy (non-hydrogen) atoms. The number of anilines is 1. The Morgan fingerprint density at radius 3 is 2.77 bits per heavy atom. The van der Waals surface area contributed by atoms with Crippen LogP contribution in [0.25, 0.3) is 22.4 Å². The molecule has 6 nitrogen and oxygen atoms in total. The molecule has 1 aliphatic heterocycles. The minimum atomic E-state index is -4.64. The molecule has 1 unspecified atom stereocenters. The maximum absolute atomic E-state index is 15.5. The normalized spacial score (nSPS) is 22.5. The van der Waals surface area contributed by atoms with Crippen LogP contribution in [0.5, 0.6) is 0 Å². The molecule has 0 spiro atoms. The largest absolute Gasteiger partial charge is 0.418 e. The van der Waals surface area contributed by atoms with Gasteiger partial charge in [0.1, 0.15) is 11.5 Å². The standard InChI is InChI=1S/C21H23F4N5O/c1-12(2)10-20(22)11-30(9-7-15(20)31)16-6-5-14(21(23,24)25)18(27-16)17-13-4-3-8-26-19(13)29-28-17/h3-6,8,12,15,31H,7,9-11H2,1-2H3,(H,26,28,29)/t15?,20-/m0/s1. The molecule has 0 amide bonds. The average molecular weight is 437 g/mol. The van der Waals surface area contributed by atoms with Gasteiger partial charge in [-0.3, -0.25) is 5.10 Å². The molecule has 2 N–H and O–H groups in total. The lowest BCUT2D eigenvalue weighted by Gasteiger charge is -2.42. The van der Waals surface area contributed by atoms with Crippen LogP contribution in [0.2, 0.25) is 0 Å². The summed E-state index contributed by atoms with van der Waals surface area (Å²) in [4.78, 5) is 9.92. The highest BCUT2D eigenvalue weighted by Crippen LogP contribution is 2.40. The first kappa shape index (κ1) is 21.5. The molecule has 1 fully saturated rings. The molecular formula is C21H23F4N5O. The zero-order valence-electron chi connectivity index (χ0n) is 17.1. The fraction of sp³-hybridized carbons (Fsp3) is 0.476. The molecule has 0 aromatic carbocycles. The van der Waals surface area contributed by atoms with Crippen LogP contribution in [0.1, 0.15) is 32.3 Å². The molecule has 0 bridgehead atoms. The number of piperidine rings is 1. The van der Waals surface area contributed by atoms with Crippen LogP contribution < -0.4 is 4.90 Å².